The van der Waals surface area contributed by atoms with E-state index in [9.17, 15) is 0 Å². The zero-order valence-corrected chi connectivity index (χ0v) is 6.05. The molecule has 0 aliphatic carbocycles. The lowest BCUT2D eigenvalue weighted by Gasteiger charge is -2.09. The summed E-state index contributed by atoms with van der Waals surface area (Å²) < 4.78 is 0.968. The molecular formula is C6H8ClN3. The Morgan fingerprint density at radius 1 is 1.30 bits per heavy atom. The van der Waals surface area contributed by atoms with E-state index < -0.39 is 0 Å². The summed E-state index contributed by atoms with van der Waals surface area (Å²) in [6, 6.07) is 7.10. The van der Waals surface area contributed by atoms with Crippen molar-refractivity contribution in [3.05, 3.63) is 24.3 Å². The second-order valence-electron chi connectivity index (χ2n) is 1.87. The van der Waals surface area contributed by atoms with Gasteiger partial charge < -0.3 is 5.73 Å². The highest BCUT2D eigenvalue weighted by Crippen LogP contribution is 2.20. The first-order chi connectivity index (χ1) is 4.72. The predicted octanol–water partition coefficient (Wildman–Crippen LogP) is 1.10. The number of nitrogens with zero attached hydrogens (tertiary/aromatic N) is 1. The van der Waals surface area contributed by atoms with Gasteiger partial charge in [0.25, 0.3) is 0 Å². The minimum Gasteiger partial charge on any atom is -0.397 e. The largest absolute Gasteiger partial charge is 0.397 e. The molecule has 1 rings (SSSR count). The van der Waals surface area contributed by atoms with E-state index in [4.69, 9.17) is 23.4 Å². The Bertz CT molecular complexity index is 224. The Balaban J connectivity index is 3.03. The van der Waals surface area contributed by atoms with E-state index in [0.717, 1.165) is 4.53 Å². The van der Waals surface area contributed by atoms with Crippen molar-refractivity contribution in [2.75, 3.05) is 10.3 Å². The van der Waals surface area contributed by atoms with Crippen LogP contribution in [0.1, 0.15) is 0 Å². The van der Waals surface area contributed by atoms with Crippen molar-refractivity contribution in [2.24, 2.45) is 5.84 Å². The maximum absolute atomic E-state index is 5.52. The summed E-state index contributed by atoms with van der Waals surface area (Å²) in [7, 11) is 0. The third-order valence-electron chi connectivity index (χ3n) is 1.17. The van der Waals surface area contributed by atoms with Crippen LogP contribution in [0, 0.1) is 0 Å². The van der Waals surface area contributed by atoms with Gasteiger partial charge in [-0.25, -0.2) is 10.4 Å². The van der Waals surface area contributed by atoms with E-state index in [1.807, 2.05) is 12.1 Å². The second-order valence-corrected chi connectivity index (χ2v) is 2.23. The van der Waals surface area contributed by atoms with Crippen LogP contribution in [0.4, 0.5) is 11.4 Å². The van der Waals surface area contributed by atoms with E-state index in [2.05, 4.69) is 0 Å². The average Bonchev–Trinajstić information content (AvgIpc) is 1.88. The van der Waals surface area contributed by atoms with Crippen LogP contribution in [0.5, 0.6) is 0 Å². The molecule has 0 aromatic heterocycles. The first-order valence-corrected chi connectivity index (χ1v) is 3.10. The maximum atomic E-state index is 5.52. The molecule has 0 atom stereocenters. The summed E-state index contributed by atoms with van der Waals surface area (Å²) in [5.74, 6) is 5.23. The van der Waals surface area contributed by atoms with Gasteiger partial charge in [-0.1, -0.05) is 12.1 Å². The molecule has 0 aliphatic heterocycles. The molecule has 10 heavy (non-hydrogen) atoms. The number of rotatable bonds is 1. The molecule has 0 bridgehead atoms. The molecule has 0 aliphatic rings. The molecule has 0 heterocycles. The molecule has 54 valence electrons. The minimum atomic E-state index is 0.569. The number of hydrogen-bond donors (Lipinski definition) is 2. The molecule has 0 amide bonds. The summed E-state index contributed by atoms with van der Waals surface area (Å²) in [6.45, 7) is 0. The fourth-order valence-electron chi connectivity index (χ4n) is 0.682. The topological polar surface area (TPSA) is 55.3 Å². The Kier molecular flexibility index (Phi) is 1.99. The van der Waals surface area contributed by atoms with Crippen molar-refractivity contribution in [3.63, 3.8) is 0 Å². The van der Waals surface area contributed by atoms with Crippen LogP contribution in [0.25, 0.3) is 0 Å². The smallest absolute Gasteiger partial charge is 0.0932 e. The van der Waals surface area contributed by atoms with Crippen LogP contribution in [0.3, 0.4) is 0 Å². The number of benzene rings is 1. The van der Waals surface area contributed by atoms with E-state index in [-0.39, 0.29) is 0 Å². The molecule has 0 radical (unpaired) electrons. The monoisotopic (exact) mass is 157 g/mol. The van der Waals surface area contributed by atoms with Crippen LogP contribution in [-0.2, 0) is 0 Å². The van der Waals surface area contributed by atoms with Gasteiger partial charge in [-0.3, -0.25) is 0 Å². The SMILES string of the molecule is Nc1ccccc1N(N)Cl. The van der Waals surface area contributed by atoms with Gasteiger partial charge in [0.1, 0.15) is 0 Å². The molecule has 0 saturated heterocycles. The summed E-state index contributed by atoms with van der Waals surface area (Å²) >= 11 is 5.44. The first kappa shape index (κ1) is 7.18. The lowest BCUT2D eigenvalue weighted by Crippen LogP contribution is -2.19. The lowest BCUT2D eigenvalue weighted by molar-refractivity contribution is 1.20. The molecule has 0 fully saturated rings. The molecule has 1 aromatic rings. The third-order valence-corrected chi connectivity index (χ3v) is 1.35. The zero-order valence-electron chi connectivity index (χ0n) is 5.29. The Hall–Kier alpha value is -0.930. The normalized spacial score (nSPS) is 9.40. The fourth-order valence-corrected chi connectivity index (χ4v) is 0.836. The molecule has 4 N–H and O–H groups in total. The molecule has 3 nitrogen and oxygen atoms in total. The lowest BCUT2D eigenvalue weighted by atomic mass is 10.3. The van der Waals surface area contributed by atoms with Crippen molar-refractivity contribution in [1.82, 2.24) is 0 Å². The van der Waals surface area contributed by atoms with Crippen molar-refractivity contribution in [3.8, 4) is 0 Å². The van der Waals surface area contributed by atoms with E-state index >= 15 is 0 Å². The average molecular weight is 158 g/mol. The van der Waals surface area contributed by atoms with Crippen LogP contribution in [0.2, 0.25) is 0 Å². The fraction of sp³-hybridized carbons (Fsp3) is 0. The van der Waals surface area contributed by atoms with Gasteiger partial charge >= 0.3 is 0 Å². The maximum Gasteiger partial charge on any atom is 0.0932 e. The van der Waals surface area contributed by atoms with Gasteiger partial charge in [-0.2, -0.15) is 0 Å². The summed E-state index contributed by atoms with van der Waals surface area (Å²) in [6.07, 6.45) is 0. The predicted molar refractivity (Wildman–Crippen MR) is 43.4 cm³/mol. The quantitative estimate of drug-likeness (QED) is 0.278. The van der Waals surface area contributed by atoms with Gasteiger partial charge in [0, 0.05) is 11.8 Å². The summed E-state index contributed by atoms with van der Waals surface area (Å²) in [5, 5.41) is 0. The highest BCUT2D eigenvalue weighted by atomic mass is 35.5. The van der Waals surface area contributed by atoms with Crippen LogP contribution >= 0.6 is 11.8 Å². The number of para-hydroxylation sites is 2. The van der Waals surface area contributed by atoms with Crippen molar-refractivity contribution in [1.29, 1.82) is 0 Å². The number of hydrogen-bond acceptors (Lipinski definition) is 3. The van der Waals surface area contributed by atoms with Crippen LogP contribution in [0.15, 0.2) is 24.3 Å². The first-order valence-electron chi connectivity index (χ1n) is 2.77. The van der Waals surface area contributed by atoms with Gasteiger partial charge in [-0.05, 0) is 12.1 Å². The zero-order chi connectivity index (χ0) is 7.56. The minimum absolute atomic E-state index is 0.569. The highest BCUT2D eigenvalue weighted by Gasteiger charge is 1.99. The molecule has 0 saturated carbocycles. The van der Waals surface area contributed by atoms with Gasteiger partial charge in [0.05, 0.1) is 11.4 Å². The summed E-state index contributed by atoms with van der Waals surface area (Å²) in [4.78, 5) is 0. The number of halogens is 1. The van der Waals surface area contributed by atoms with Gasteiger partial charge in [0.2, 0.25) is 0 Å². The van der Waals surface area contributed by atoms with Crippen molar-refractivity contribution >= 4 is 23.2 Å². The standard InChI is InChI=1S/C6H8ClN3/c7-10(9)6-4-2-1-3-5(6)8/h1-4H,8-9H2. The number of nitrogen functional groups attached to an aromatic ring is 1. The van der Waals surface area contributed by atoms with Gasteiger partial charge in [-0.15, -0.1) is 0 Å². The van der Waals surface area contributed by atoms with Crippen LogP contribution < -0.4 is 16.1 Å². The second kappa shape index (κ2) is 2.77. The number of anilines is 2. The Morgan fingerprint density at radius 2 is 1.90 bits per heavy atom. The Labute approximate surface area is 64.3 Å². The molecule has 1 aromatic carbocycles. The van der Waals surface area contributed by atoms with E-state index in [1.165, 1.54) is 0 Å². The van der Waals surface area contributed by atoms with Crippen molar-refractivity contribution < 1.29 is 0 Å². The van der Waals surface area contributed by atoms with E-state index in [0.29, 0.717) is 11.4 Å². The Morgan fingerprint density at radius 3 is 2.30 bits per heavy atom. The molecule has 0 unspecified atom stereocenters. The third kappa shape index (κ3) is 1.32. The summed E-state index contributed by atoms with van der Waals surface area (Å²) in [5.41, 5.74) is 6.70. The van der Waals surface area contributed by atoms with E-state index in [1.54, 1.807) is 12.1 Å². The molecule has 0 spiro atoms. The molecular weight excluding hydrogens is 150 g/mol. The van der Waals surface area contributed by atoms with Crippen molar-refractivity contribution in [2.45, 2.75) is 0 Å². The van der Waals surface area contributed by atoms with Gasteiger partial charge in [0.15, 0.2) is 0 Å². The number of nitrogens with two attached hydrogens (primary N) is 2. The van der Waals surface area contributed by atoms with Crippen LogP contribution in [-0.4, -0.2) is 0 Å². The highest BCUT2D eigenvalue weighted by molar-refractivity contribution is 6.25. The number of hydrazine groups is 1. The molecule has 4 heteroatoms.